The summed E-state index contributed by atoms with van der Waals surface area (Å²) in [6.45, 7) is 1.39. The van der Waals surface area contributed by atoms with Gasteiger partial charge < -0.3 is 10.4 Å². The molecule has 4 nitrogen and oxygen atoms in total. The van der Waals surface area contributed by atoms with Crippen molar-refractivity contribution >= 4 is 27.8 Å². The van der Waals surface area contributed by atoms with Gasteiger partial charge in [0.15, 0.2) is 0 Å². The monoisotopic (exact) mass is 299 g/mol. The molecule has 0 aliphatic rings. The standard InChI is InChI=1S/C12H14BrNO3/c1-8(15)14-11(7-12(16)17)6-9-2-4-10(13)5-3-9/h2-5,11H,6-7H2,1H3,(H,14,15)(H,16,17)/t11-/m1/s1. The van der Waals surface area contributed by atoms with Crippen molar-refractivity contribution in [1.29, 1.82) is 0 Å². The third-order valence-corrected chi connectivity index (χ3v) is 2.75. The first-order valence-corrected chi connectivity index (χ1v) is 6.00. The Morgan fingerprint density at radius 1 is 1.35 bits per heavy atom. The molecule has 0 aliphatic heterocycles. The van der Waals surface area contributed by atoms with Crippen molar-refractivity contribution in [2.45, 2.75) is 25.8 Å². The summed E-state index contributed by atoms with van der Waals surface area (Å²) in [5.74, 6) is -1.13. The van der Waals surface area contributed by atoms with Gasteiger partial charge in [0, 0.05) is 17.4 Å². The molecule has 1 atom stereocenters. The highest BCUT2D eigenvalue weighted by molar-refractivity contribution is 9.10. The molecular weight excluding hydrogens is 286 g/mol. The summed E-state index contributed by atoms with van der Waals surface area (Å²) in [5.41, 5.74) is 0.994. The molecule has 0 aromatic heterocycles. The van der Waals surface area contributed by atoms with Crippen molar-refractivity contribution in [3.05, 3.63) is 34.3 Å². The van der Waals surface area contributed by atoms with Crippen molar-refractivity contribution in [2.75, 3.05) is 0 Å². The number of carbonyl (C=O) groups excluding carboxylic acids is 1. The van der Waals surface area contributed by atoms with Gasteiger partial charge in [0.2, 0.25) is 5.91 Å². The second kappa shape index (κ2) is 6.39. The smallest absolute Gasteiger partial charge is 0.305 e. The number of carbonyl (C=O) groups is 2. The van der Waals surface area contributed by atoms with E-state index in [1.54, 1.807) is 0 Å². The van der Waals surface area contributed by atoms with E-state index in [1.807, 2.05) is 24.3 Å². The fourth-order valence-electron chi connectivity index (χ4n) is 1.58. The summed E-state index contributed by atoms with van der Waals surface area (Å²) < 4.78 is 0.968. The largest absolute Gasteiger partial charge is 0.481 e. The van der Waals surface area contributed by atoms with Gasteiger partial charge in [-0.25, -0.2) is 0 Å². The molecule has 0 saturated carbocycles. The molecule has 0 radical (unpaired) electrons. The first kappa shape index (κ1) is 13.7. The first-order chi connectivity index (χ1) is 7.97. The molecular formula is C12H14BrNO3. The molecule has 0 unspecified atom stereocenters. The van der Waals surface area contributed by atoms with Gasteiger partial charge in [-0.05, 0) is 24.1 Å². The molecule has 0 bridgehead atoms. The minimum absolute atomic E-state index is 0.0738. The highest BCUT2D eigenvalue weighted by Gasteiger charge is 2.14. The average Bonchev–Trinajstić information content (AvgIpc) is 2.19. The molecule has 0 saturated heterocycles. The quantitative estimate of drug-likeness (QED) is 0.873. The first-order valence-electron chi connectivity index (χ1n) is 5.20. The third-order valence-electron chi connectivity index (χ3n) is 2.22. The van der Waals surface area contributed by atoms with Crippen LogP contribution < -0.4 is 5.32 Å². The zero-order valence-electron chi connectivity index (χ0n) is 9.44. The van der Waals surface area contributed by atoms with Crippen LogP contribution in [0.25, 0.3) is 0 Å². The van der Waals surface area contributed by atoms with Gasteiger partial charge in [0.05, 0.1) is 6.42 Å². The van der Waals surface area contributed by atoms with Gasteiger partial charge in [-0.1, -0.05) is 28.1 Å². The van der Waals surface area contributed by atoms with E-state index in [9.17, 15) is 9.59 Å². The van der Waals surface area contributed by atoms with Crippen molar-refractivity contribution in [3.63, 3.8) is 0 Å². The van der Waals surface area contributed by atoms with E-state index in [0.717, 1.165) is 10.0 Å². The molecule has 0 fully saturated rings. The van der Waals surface area contributed by atoms with Crippen LogP contribution in [0, 0.1) is 0 Å². The lowest BCUT2D eigenvalue weighted by Crippen LogP contribution is -2.36. The third kappa shape index (κ3) is 5.49. The van der Waals surface area contributed by atoms with Gasteiger partial charge in [-0.2, -0.15) is 0 Å². The highest BCUT2D eigenvalue weighted by atomic mass is 79.9. The molecule has 17 heavy (non-hydrogen) atoms. The molecule has 1 rings (SSSR count). The Balaban J connectivity index is 2.67. The van der Waals surface area contributed by atoms with E-state index < -0.39 is 5.97 Å². The average molecular weight is 300 g/mol. The van der Waals surface area contributed by atoms with Crippen molar-refractivity contribution in [1.82, 2.24) is 5.32 Å². The predicted molar refractivity (Wildman–Crippen MR) is 67.7 cm³/mol. The van der Waals surface area contributed by atoms with E-state index in [-0.39, 0.29) is 18.4 Å². The topological polar surface area (TPSA) is 66.4 Å². The van der Waals surface area contributed by atoms with Gasteiger partial charge in [-0.15, -0.1) is 0 Å². The Labute approximate surface area is 108 Å². The number of carboxylic acids is 1. The number of hydrogen-bond donors (Lipinski definition) is 2. The summed E-state index contributed by atoms with van der Waals surface area (Å²) in [6.07, 6.45) is 0.439. The van der Waals surface area contributed by atoms with Crippen LogP contribution in [0.3, 0.4) is 0 Å². The van der Waals surface area contributed by atoms with E-state index >= 15 is 0 Å². The Morgan fingerprint density at radius 3 is 2.41 bits per heavy atom. The fraction of sp³-hybridized carbons (Fsp3) is 0.333. The molecule has 0 spiro atoms. The van der Waals surface area contributed by atoms with Crippen LogP contribution in [0.1, 0.15) is 18.9 Å². The molecule has 2 N–H and O–H groups in total. The normalized spacial score (nSPS) is 11.9. The van der Waals surface area contributed by atoms with E-state index in [4.69, 9.17) is 5.11 Å². The molecule has 1 aromatic carbocycles. The Kier molecular flexibility index (Phi) is 5.15. The number of aliphatic carboxylic acids is 1. The maximum Gasteiger partial charge on any atom is 0.305 e. The van der Waals surface area contributed by atoms with Crippen LogP contribution in [0.2, 0.25) is 0 Å². The number of nitrogens with one attached hydrogen (secondary N) is 1. The number of benzene rings is 1. The van der Waals surface area contributed by atoms with E-state index in [2.05, 4.69) is 21.2 Å². The summed E-state index contributed by atoms with van der Waals surface area (Å²) in [7, 11) is 0. The zero-order chi connectivity index (χ0) is 12.8. The highest BCUT2D eigenvalue weighted by Crippen LogP contribution is 2.12. The molecule has 5 heteroatoms. The van der Waals surface area contributed by atoms with Crippen molar-refractivity contribution in [3.8, 4) is 0 Å². The van der Waals surface area contributed by atoms with Crippen LogP contribution in [0.5, 0.6) is 0 Å². The van der Waals surface area contributed by atoms with Crippen LogP contribution in [0.4, 0.5) is 0 Å². The van der Waals surface area contributed by atoms with Crippen LogP contribution in [-0.4, -0.2) is 23.0 Å². The molecule has 1 amide bonds. The maximum atomic E-state index is 11.0. The lowest BCUT2D eigenvalue weighted by molar-refractivity contribution is -0.137. The van der Waals surface area contributed by atoms with Gasteiger partial charge in [0.25, 0.3) is 0 Å². The summed E-state index contributed by atoms with van der Waals surface area (Å²) in [4.78, 5) is 21.6. The molecule has 92 valence electrons. The molecule has 1 aromatic rings. The lowest BCUT2D eigenvalue weighted by atomic mass is 10.0. The van der Waals surface area contributed by atoms with Gasteiger partial charge in [0.1, 0.15) is 0 Å². The van der Waals surface area contributed by atoms with Gasteiger partial charge in [-0.3, -0.25) is 9.59 Å². The van der Waals surface area contributed by atoms with Crippen LogP contribution in [-0.2, 0) is 16.0 Å². The van der Waals surface area contributed by atoms with E-state index in [1.165, 1.54) is 6.92 Å². The summed E-state index contributed by atoms with van der Waals surface area (Å²) in [5, 5.41) is 11.4. The van der Waals surface area contributed by atoms with Crippen molar-refractivity contribution < 1.29 is 14.7 Å². The Bertz CT molecular complexity index is 387. The Hall–Kier alpha value is -1.36. The predicted octanol–water partition coefficient (Wildman–Crippen LogP) is 1.97. The molecule has 0 aliphatic carbocycles. The summed E-state index contributed by atoms with van der Waals surface area (Å²) >= 11 is 3.33. The van der Waals surface area contributed by atoms with Crippen molar-refractivity contribution in [2.24, 2.45) is 0 Å². The lowest BCUT2D eigenvalue weighted by Gasteiger charge is -2.15. The van der Waals surface area contributed by atoms with Gasteiger partial charge >= 0.3 is 5.97 Å². The van der Waals surface area contributed by atoms with E-state index in [0.29, 0.717) is 6.42 Å². The minimum atomic E-state index is -0.916. The second-order valence-corrected chi connectivity index (χ2v) is 4.74. The van der Waals surface area contributed by atoms with Crippen LogP contribution in [0.15, 0.2) is 28.7 Å². The number of carboxylic acid groups (broad SMARTS) is 1. The van der Waals surface area contributed by atoms with Crippen LogP contribution >= 0.6 is 15.9 Å². The second-order valence-electron chi connectivity index (χ2n) is 3.83. The number of rotatable bonds is 5. The SMILES string of the molecule is CC(=O)N[C@@H](CC(=O)O)Cc1ccc(Br)cc1. The minimum Gasteiger partial charge on any atom is -0.481 e. The zero-order valence-corrected chi connectivity index (χ0v) is 11.0. The molecule has 0 heterocycles. The fourth-order valence-corrected chi connectivity index (χ4v) is 1.84. The number of hydrogen-bond acceptors (Lipinski definition) is 2. The Morgan fingerprint density at radius 2 is 1.94 bits per heavy atom. The summed E-state index contributed by atoms with van der Waals surface area (Å²) in [6, 6.07) is 7.22. The number of halogens is 1. The maximum absolute atomic E-state index is 11.0. The number of amides is 1.